The normalized spacial score (nSPS) is 23.1. The molecule has 0 spiro atoms. The number of carbonyl (C=O) groups is 3. The molecule has 3 aliphatic carbocycles. The molecule has 1 aliphatic heterocycles. The van der Waals surface area contributed by atoms with Gasteiger partial charge >= 0.3 is 0 Å². The number of nitrogens with one attached hydrogen (secondary N) is 1. The summed E-state index contributed by atoms with van der Waals surface area (Å²) in [5.41, 5.74) is 6.52. The maximum atomic E-state index is 14.4. The SMILES string of the molecule is O=C(Cc1cccc2ccccc12)N/N=C\C12c3ccccc3C(c3ccccc31)[C@H]1C(=O)N(c3ccc(F)cc3)C(=O)[C@@H]12. The molecular weight excluding hydrogens is 553 g/mol. The molecule has 5 aromatic carbocycles. The van der Waals surface area contributed by atoms with Gasteiger partial charge in [-0.2, -0.15) is 5.10 Å². The van der Waals surface area contributed by atoms with Crippen molar-refractivity contribution in [2.45, 2.75) is 17.8 Å². The van der Waals surface area contributed by atoms with E-state index in [4.69, 9.17) is 0 Å². The van der Waals surface area contributed by atoms with E-state index in [0.29, 0.717) is 5.69 Å². The molecule has 0 saturated carbocycles. The summed E-state index contributed by atoms with van der Waals surface area (Å²) in [6.07, 6.45) is 1.78. The number of benzene rings is 5. The van der Waals surface area contributed by atoms with Crippen LogP contribution in [0.2, 0.25) is 0 Å². The van der Waals surface area contributed by atoms with Gasteiger partial charge in [0.2, 0.25) is 17.7 Å². The summed E-state index contributed by atoms with van der Waals surface area (Å²) in [5.74, 6) is -3.24. The predicted molar refractivity (Wildman–Crippen MR) is 166 cm³/mol. The van der Waals surface area contributed by atoms with E-state index < -0.39 is 23.1 Å². The second-order valence-corrected chi connectivity index (χ2v) is 11.6. The highest BCUT2D eigenvalue weighted by atomic mass is 19.1. The highest BCUT2D eigenvalue weighted by Crippen LogP contribution is 2.63. The minimum atomic E-state index is -1.11. The molecule has 1 fully saturated rings. The van der Waals surface area contributed by atoms with E-state index in [9.17, 15) is 18.8 Å². The van der Waals surface area contributed by atoms with E-state index in [1.165, 1.54) is 29.2 Å². The number of imide groups is 1. The minimum absolute atomic E-state index is 0.128. The van der Waals surface area contributed by atoms with Crippen LogP contribution in [0.1, 0.15) is 33.7 Å². The van der Waals surface area contributed by atoms with E-state index in [2.05, 4.69) is 10.5 Å². The van der Waals surface area contributed by atoms with Crippen molar-refractivity contribution in [3.05, 3.63) is 149 Å². The molecule has 5 aromatic rings. The molecule has 0 unspecified atom stereocenters. The van der Waals surface area contributed by atoms with Gasteiger partial charge in [-0.15, -0.1) is 0 Å². The first-order valence-electron chi connectivity index (χ1n) is 14.6. The van der Waals surface area contributed by atoms with Crippen molar-refractivity contribution in [1.29, 1.82) is 0 Å². The highest BCUT2D eigenvalue weighted by Gasteiger charge is 2.68. The number of halogens is 1. The van der Waals surface area contributed by atoms with Gasteiger partial charge in [0.05, 0.1) is 29.4 Å². The van der Waals surface area contributed by atoms with Gasteiger partial charge in [-0.05, 0) is 62.9 Å². The van der Waals surface area contributed by atoms with E-state index in [-0.39, 0.29) is 30.1 Å². The van der Waals surface area contributed by atoms with Gasteiger partial charge in [-0.25, -0.2) is 14.7 Å². The topological polar surface area (TPSA) is 78.8 Å². The Labute approximate surface area is 252 Å². The lowest BCUT2D eigenvalue weighted by molar-refractivity contribution is -0.123. The Morgan fingerprint density at radius 1 is 0.795 bits per heavy atom. The van der Waals surface area contributed by atoms with Crippen LogP contribution in [0, 0.1) is 17.7 Å². The fourth-order valence-electron chi connectivity index (χ4n) is 7.76. The van der Waals surface area contributed by atoms with Crippen LogP contribution in [0.3, 0.4) is 0 Å². The molecule has 9 rings (SSSR count). The zero-order chi connectivity index (χ0) is 30.0. The number of carbonyl (C=O) groups excluding carboxylic acids is 3. The molecule has 2 bridgehead atoms. The molecule has 1 N–H and O–H groups in total. The maximum absolute atomic E-state index is 14.4. The van der Waals surface area contributed by atoms with Crippen LogP contribution >= 0.6 is 0 Å². The average molecular weight is 580 g/mol. The summed E-state index contributed by atoms with van der Waals surface area (Å²) in [6, 6.07) is 34.9. The first-order chi connectivity index (χ1) is 21.5. The summed E-state index contributed by atoms with van der Waals surface area (Å²) in [4.78, 5) is 43.0. The lowest BCUT2D eigenvalue weighted by Crippen LogP contribution is -2.54. The van der Waals surface area contributed by atoms with Crippen LogP contribution < -0.4 is 10.3 Å². The molecule has 7 heteroatoms. The molecule has 3 amide bonds. The quantitative estimate of drug-likeness (QED) is 0.161. The highest BCUT2D eigenvalue weighted by molar-refractivity contribution is 6.25. The Morgan fingerprint density at radius 2 is 1.43 bits per heavy atom. The number of hydrogen-bond acceptors (Lipinski definition) is 4. The third-order valence-electron chi connectivity index (χ3n) is 9.46. The van der Waals surface area contributed by atoms with Crippen molar-refractivity contribution in [3.63, 3.8) is 0 Å². The molecule has 1 heterocycles. The molecule has 0 aromatic heterocycles. The molecular formula is C37H26FN3O3. The van der Waals surface area contributed by atoms with Gasteiger partial charge in [-0.3, -0.25) is 14.4 Å². The van der Waals surface area contributed by atoms with Crippen LogP contribution in [-0.2, 0) is 26.2 Å². The van der Waals surface area contributed by atoms with Gasteiger partial charge in [0.25, 0.3) is 0 Å². The van der Waals surface area contributed by atoms with E-state index in [1.54, 1.807) is 6.21 Å². The molecule has 4 aliphatic rings. The standard InChI is InChI=1S/C37H26FN3O3/c38-24-16-18-25(19-17-24)41-35(43)33-32-27-12-3-5-14-29(27)37(34(33)36(41)44,30-15-6-4-13-28(30)32)21-39-40-31(42)20-23-10-7-9-22-8-1-2-11-26(22)23/h1-19,21,32-34H,20H2,(H,40,42)/b39-21-/t32?,33-,34-,37?/m1/s1. The molecule has 0 radical (unpaired) electrons. The van der Waals surface area contributed by atoms with Crippen LogP contribution in [-0.4, -0.2) is 23.9 Å². The summed E-state index contributed by atoms with van der Waals surface area (Å²) < 4.78 is 13.8. The smallest absolute Gasteiger partial charge is 0.244 e. The minimum Gasteiger partial charge on any atom is -0.274 e. The molecule has 44 heavy (non-hydrogen) atoms. The number of rotatable bonds is 5. The average Bonchev–Trinajstić information content (AvgIpc) is 3.32. The Morgan fingerprint density at radius 3 is 2.16 bits per heavy atom. The van der Waals surface area contributed by atoms with Crippen molar-refractivity contribution in [3.8, 4) is 0 Å². The number of nitrogens with zero attached hydrogens (tertiary/aromatic N) is 2. The van der Waals surface area contributed by atoms with E-state index in [0.717, 1.165) is 38.6 Å². The number of hydrogen-bond donors (Lipinski definition) is 1. The summed E-state index contributed by atoms with van der Waals surface area (Å²) in [5, 5.41) is 6.56. The third-order valence-corrected chi connectivity index (χ3v) is 9.46. The van der Waals surface area contributed by atoms with Crippen LogP contribution in [0.4, 0.5) is 10.1 Å². The Balaban J connectivity index is 1.22. The van der Waals surface area contributed by atoms with Crippen LogP contribution in [0.25, 0.3) is 10.8 Å². The Bertz CT molecular complexity index is 1980. The van der Waals surface area contributed by atoms with Crippen LogP contribution in [0.15, 0.2) is 120 Å². The van der Waals surface area contributed by atoms with Gasteiger partial charge in [-0.1, -0.05) is 91.0 Å². The first kappa shape index (κ1) is 26.2. The second-order valence-electron chi connectivity index (χ2n) is 11.6. The van der Waals surface area contributed by atoms with Gasteiger partial charge in [0.1, 0.15) is 5.82 Å². The van der Waals surface area contributed by atoms with Crippen LogP contribution in [0.5, 0.6) is 0 Å². The fourth-order valence-corrected chi connectivity index (χ4v) is 7.76. The molecule has 214 valence electrons. The number of fused-ring (bicyclic) bond motifs is 1. The number of anilines is 1. The zero-order valence-electron chi connectivity index (χ0n) is 23.5. The van der Waals surface area contributed by atoms with Gasteiger partial charge in [0, 0.05) is 12.1 Å². The lowest BCUT2D eigenvalue weighted by Gasteiger charge is -2.52. The van der Waals surface area contributed by atoms with Gasteiger partial charge in [0.15, 0.2) is 0 Å². The lowest BCUT2D eigenvalue weighted by atomic mass is 9.47. The molecule has 2 atom stereocenters. The first-order valence-corrected chi connectivity index (χ1v) is 14.6. The second kappa shape index (κ2) is 9.81. The van der Waals surface area contributed by atoms with Crippen molar-refractivity contribution < 1.29 is 18.8 Å². The third kappa shape index (κ3) is 3.65. The number of amides is 3. The van der Waals surface area contributed by atoms with Crippen molar-refractivity contribution in [2.24, 2.45) is 16.9 Å². The predicted octanol–water partition coefficient (Wildman–Crippen LogP) is 5.87. The number of hydrazone groups is 1. The van der Waals surface area contributed by atoms with E-state index in [1.807, 2.05) is 91.0 Å². The Kier molecular flexibility index (Phi) is 5.84. The summed E-state index contributed by atoms with van der Waals surface area (Å²) in [7, 11) is 0. The fraction of sp³-hybridized carbons (Fsp3) is 0.135. The van der Waals surface area contributed by atoms with Crippen molar-refractivity contribution in [1.82, 2.24) is 5.43 Å². The maximum Gasteiger partial charge on any atom is 0.244 e. The van der Waals surface area contributed by atoms with Gasteiger partial charge < -0.3 is 0 Å². The zero-order valence-corrected chi connectivity index (χ0v) is 23.5. The summed E-state index contributed by atoms with van der Waals surface area (Å²) in [6.45, 7) is 0. The van der Waals surface area contributed by atoms with Crippen molar-refractivity contribution in [2.75, 3.05) is 4.90 Å². The van der Waals surface area contributed by atoms with E-state index >= 15 is 0 Å². The largest absolute Gasteiger partial charge is 0.274 e. The Hall–Kier alpha value is -5.43. The molecule has 6 nitrogen and oxygen atoms in total. The van der Waals surface area contributed by atoms with Crippen molar-refractivity contribution >= 4 is 40.4 Å². The monoisotopic (exact) mass is 579 g/mol. The molecule has 1 saturated heterocycles. The summed E-state index contributed by atoms with van der Waals surface area (Å²) >= 11 is 0.